The Morgan fingerprint density at radius 3 is 2.58 bits per heavy atom. The van der Waals surface area contributed by atoms with Gasteiger partial charge in [0.25, 0.3) is 0 Å². The minimum absolute atomic E-state index is 0.181. The summed E-state index contributed by atoms with van der Waals surface area (Å²) in [5.41, 5.74) is 12.8. The highest BCUT2D eigenvalue weighted by molar-refractivity contribution is 5.86. The molecule has 4 rings (SSSR count). The molecule has 0 amide bonds. The first kappa shape index (κ1) is 22.6. The number of benzene rings is 3. The number of carbonyl (C=O) groups excluding carboxylic acids is 1. The normalized spacial score (nSPS) is 11.0. The van der Waals surface area contributed by atoms with Crippen LogP contribution < -0.4 is 10.5 Å². The van der Waals surface area contributed by atoms with E-state index >= 15 is 0 Å². The Labute approximate surface area is 194 Å². The molecule has 170 valence electrons. The Hall–Kier alpha value is -3.57. The van der Waals surface area contributed by atoms with Crippen LogP contribution in [0, 0.1) is 0 Å². The van der Waals surface area contributed by atoms with Gasteiger partial charge in [-0.2, -0.15) is 0 Å². The first-order chi connectivity index (χ1) is 16.1. The molecule has 2 N–H and O–H groups in total. The molecule has 0 radical (unpaired) electrons. The van der Waals surface area contributed by atoms with Crippen molar-refractivity contribution >= 4 is 16.9 Å². The lowest BCUT2D eigenvalue weighted by Gasteiger charge is -2.13. The van der Waals surface area contributed by atoms with Crippen LogP contribution in [0.3, 0.4) is 0 Å². The summed E-state index contributed by atoms with van der Waals surface area (Å²) >= 11 is 0. The van der Waals surface area contributed by atoms with Gasteiger partial charge in [0.15, 0.2) is 0 Å². The summed E-state index contributed by atoms with van der Waals surface area (Å²) in [7, 11) is 0. The van der Waals surface area contributed by atoms with Crippen molar-refractivity contribution in [2.45, 2.75) is 39.8 Å². The van der Waals surface area contributed by atoms with Gasteiger partial charge in [0.05, 0.1) is 19.3 Å². The largest absolute Gasteiger partial charge is 0.488 e. The summed E-state index contributed by atoms with van der Waals surface area (Å²) in [6.45, 7) is 5.10. The number of furan rings is 1. The van der Waals surface area contributed by atoms with E-state index in [1.165, 1.54) is 0 Å². The van der Waals surface area contributed by atoms with E-state index in [0.29, 0.717) is 25.5 Å². The van der Waals surface area contributed by atoms with Crippen LogP contribution in [-0.2, 0) is 35.5 Å². The van der Waals surface area contributed by atoms with E-state index in [9.17, 15) is 4.79 Å². The first-order valence-electron chi connectivity index (χ1n) is 11.3. The van der Waals surface area contributed by atoms with Gasteiger partial charge in [0.2, 0.25) is 0 Å². The zero-order chi connectivity index (χ0) is 23.2. The van der Waals surface area contributed by atoms with E-state index in [2.05, 4.69) is 25.1 Å². The Balaban J connectivity index is 1.60. The Morgan fingerprint density at radius 1 is 0.939 bits per heavy atom. The van der Waals surface area contributed by atoms with Gasteiger partial charge in [0, 0.05) is 23.1 Å². The fourth-order valence-electron chi connectivity index (χ4n) is 3.87. The van der Waals surface area contributed by atoms with Crippen LogP contribution in [0.2, 0.25) is 0 Å². The van der Waals surface area contributed by atoms with E-state index in [1.807, 2.05) is 42.5 Å². The predicted molar refractivity (Wildman–Crippen MR) is 130 cm³/mol. The van der Waals surface area contributed by atoms with E-state index in [1.54, 1.807) is 13.2 Å². The Kier molecular flexibility index (Phi) is 7.10. The number of ether oxygens (including phenoxy) is 2. The van der Waals surface area contributed by atoms with Gasteiger partial charge in [0.1, 0.15) is 17.9 Å². The molecule has 0 bridgehead atoms. The van der Waals surface area contributed by atoms with Crippen molar-refractivity contribution in [2.24, 2.45) is 5.73 Å². The molecule has 1 heterocycles. The summed E-state index contributed by atoms with van der Waals surface area (Å²) in [6.07, 6.45) is 2.80. The number of carbonyl (C=O) groups is 1. The zero-order valence-corrected chi connectivity index (χ0v) is 19.1. The lowest BCUT2D eigenvalue weighted by atomic mass is 10.0. The number of aryl methyl sites for hydroxylation is 1. The molecular weight excluding hydrogens is 414 g/mol. The van der Waals surface area contributed by atoms with Crippen LogP contribution in [0.25, 0.3) is 22.1 Å². The number of hydrogen-bond acceptors (Lipinski definition) is 5. The second-order valence-electron chi connectivity index (χ2n) is 7.94. The topological polar surface area (TPSA) is 74.7 Å². The van der Waals surface area contributed by atoms with E-state index < -0.39 is 0 Å². The van der Waals surface area contributed by atoms with Gasteiger partial charge >= 0.3 is 5.97 Å². The fourth-order valence-corrected chi connectivity index (χ4v) is 3.87. The smallest absolute Gasteiger partial charge is 0.310 e. The molecule has 0 aliphatic rings. The second kappa shape index (κ2) is 10.4. The average Bonchev–Trinajstić information content (AvgIpc) is 3.25. The molecule has 0 saturated heterocycles. The molecule has 0 aliphatic heterocycles. The summed E-state index contributed by atoms with van der Waals surface area (Å²) in [5, 5.41) is 1.00. The SMILES string of the molecule is CCOC(=O)Cc1ccc(CC)cc1OCc1coc2ccc(-c3cccc(CN)c3)cc12. The molecular formula is C28H29NO4. The average molecular weight is 444 g/mol. The predicted octanol–water partition coefficient (Wildman–Crippen LogP) is 5.81. The summed E-state index contributed by atoms with van der Waals surface area (Å²) in [4.78, 5) is 12.0. The molecule has 0 atom stereocenters. The lowest BCUT2D eigenvalue weighted by molar-refractivity contribution is -0.142. The molecule has 0 spiro atoms. The van der Waals surface area contributed by atoms with E-state index in [4.69, 9.17) is 19.6 Å². The van der Waals surface area contributed by atoms with Crippen molar-refractivity contribution in [1.82, 2.24) is 0 Å². The number of fused-ring (bicyclic) bond motifs is 1. The molecule has 0 unspecified atom stereocenters. The van der Waals surface area contributed by atoms with Crippen LogP contribution >= 0.6 is 0 Å². The van der Waals surface area contributed by atoms with Gasteiger partial charge in [-0.05, 0) is 59.9 Å². The molecule has 1 aromatic heterocycles. The van der Waals surface area contributed by atoms with Crippen LogP contribution in [0.15, 0.2) is 71.3 Å². The van der Waals surface area contributed by atoms with Crippen molar-refractivity contribution in [3.8, 4) is 16.9 Å². The molecule has 33 heavy (non-hydrogen) atoms. The van der Waals surface area contributed by atoms with Crippen LogP contribution in [-0.4, -0.2) is 12.6 Å². The van der Waals surface area contributed by atoms with Crippen LogP contribution in [0.4, 0.5) is 0 Å². The maximum atomic E-state index is 12.0. The minimum Gasteiger partial charge on any atom is -0.488 e. The molecule has 5 nitrogen and oxygen atoms in total. The van der Waals surface area contributed by atoms with E-state index in [0.717, 1.165) is 50.8 Å². The molecule has 0 aliphatic carbocycles. The summed E-state index contributed by atoms with van der Waals surface area (Å²) in [6, 6.07) is 20.4. The third-order valence-corrected chi connectivity index (χ3v) is 5.71. The van der Waals surface area contributed by atoms with Crippen molar-refractivity contribution < 1.29 is 18.7 Å². The zero-order valence-electron chi connectivity index (χ0n) is 19.1. The highest BCUT2D eigenvalue weighted by Gasteiger charge is 2.13. The van der Waals surface area contributed by atoms with Crippen LogP contribution in [0.1, 0.15) is 36.1 Å². The minimum atomic E-state index is -0.260. The van der Waals surface area contributed by atoms with Gasteiger partial charge in [-0.25, -0.2) is 0 Å². The fraction of sp³-hybridized carbons (Fsp3) is 0.250. The summed E-state index contributed by atoms with van der Waals surface area (Å²) < 4.78 is 17.1. The molecule has 4 aromatic rings. The number of esters is 1. The number of hydrogen-bond donors (Lipinski definition) is 1. The van der Waals surface area contributed by atoms with Gasteiger partial charge in [-0.1, -0.05) is 43.3 Å². The Bertz CT molecular complexity index is 1260. The van der Waals surface area contributed by atoms with Crippen molar-refractivity contribution in [3.63, 3.8) is 0 Å². The third kappa shape index (κ3) is 5.26. The number of rotatable bonds is 9. The van der Waals surface area contributed by atoms with Gasteiger partial charge in [-0.15, -0.1) is 0 Å². The highest BCUT2D eigenvalue weighted by Crippen LogP contribution is 2.30. The molecule has 0 saturated carbocycles. The highest BCUT2D eigenvalue weighted by atomic mass is 16.5. The standard InChI is InChI=1S/C28H29NO4/c1-3-19-8-9-23(15-28(30)31-4-2)27(13-19)33-18-24-17-32-26-11-10-22(14-25(24)26)21-7-5-6-20(12-21)16-29/h5-14,17H,3-4,15-16,18,29H2,1-2H3. The first-order valence-corrected chi connectivity index (χ1v) is 11.3. The van der Waals surface area contributed by atoms with Gasteiger partial charge < -0.3 is 19.6 Å². The monoisotopic (exact) mass is 443 g/mol. The molecule has 0 fully saturated rings. The lowest BCUT2D eigenvalue weighted by Crippen LogP contribution is -2.09. The third-order valence-electron chi connectivity index (χ3n) is 5.71. The van der Waals surface area contributed by atoms with Crippen LogP contribution in [0.5, 0.6) is 5.75 Å². The molecule has 5 heteroatoms. The van der Waals surface area contributed by atoms with Crippen molar-refractivity contribution in [3.05, 3.63) is 89.2 Å². The van der Waals surface area contributed by atoms with Gasteiger partial charge in [-0.3, -0.25) is 4.79 Å². The van der Waals surface area contributed by atoms with E-state index in [-0.39, 0.29) is 12.4 Å². The van der Waals surface area contributed by atoms with Crippen molar-refractivity contribution in [1.29, 1.82) is 0 Å². The maximum absolute atomic E-state index is 12.0. The quantitative estimate of drug-likeness (QED) is 0.331. The second-order valence-corrected chi connectivity index (χ2v) is 7.94. The maximum Gasteiger partial charge on any atom is 0.310 e. The van der Waals surface area contributed by atoms with Crippen molar-refractivity contribution in [2.75, 3.05) is 6.61 Å². The molecule has 3 aromatic carbocycles. The number of nitrogens with two attached hydrogens (primary N) is 1. The Morgan fingerprint density at radius 2 is 1.79 bits per heavy atom. The summed E-state index contributed by atoms with van der Waals surface area (Å²) in [5.74, 6) is 0.438.